The molecule has 2 rings (SSSR count). The Hall–Kier alpha value is -1.97. The molecule has 0 aliphatic carbocycles. The maximum atomic E-state index is 12.8. The van der Waals surface area contributed by atoms with Crippen molar-refractivity contribution >= 4 is 17.2 Å². The Labute approximate surface area is 78.2 Å². The van der Waals surface area contributed by atoms with Gasteiger partial charge in [0.05, 0.1) is 0 Å². The molecule has 0 bridgehead atoms. The van der Waals surface area contributed by atoms with E-state index >= 15 is 0 Å². The van der Waals surface area contributed by atoms with Gasteiger partial charge in [-0.3, -0.25) is 9.59 Å². The van der Waals surface area contributed by atoms with Crippen LogP contribution in [0.25, 0.3) is 10.9 Å². The van der Waals surface area contributed by atoms with Gasteiger partial charge in [0.25, 0.3) is 0 Å². The van der Waals surface area contributed by atoms with Crippen LogP contribution in [0.1, 0.15) is 10.4 Å². The van der Waals surface area contributed by atoms with E-state index in [-0.39, 0.29) is 11.1 Å². The van der Waals surface area contributed by atoms with E-state index < -0.39 is 5.82 Å². The molecule has 1 heterocycles. The van der Waals surface area contributed by atoms with E-state index in [1.165, 1.54) is 18.2 Å². The lowest BCUT2D eigenvalue weighted by Crippen LogP contribution is -2.06. The molecule has 4 heteroatoms. The molecule has 0 amide bonds. The van der Waals surface area contributed by atoms with Crippen molar-refractivity contribution < 1.29 is 9.18 Å². The highest BCUT2D eigenvalue weighted by Gasteiger charge is 2.03. The average molecular weight is 191 g/mol. The summed E-state index contributed by atoms with van der Waals surface area (Å²) in [6.07, 6.45) is 0.539. The van der Waals surface area contributed by atoms with Crippen LogP contribution >= 0.6 is 0 Å². The summed E-state index contributed by atoms with van der Waals surface area (Å²) in [6.45, 7) is 0. The van der Waals surface area contributed by atoms with Gasteiger partial charge in [0.1, 0.15) is 5.82 Å². The number of hydrogen-bond acceptors (Lipinski definition) is 2. The number of hydrogen-bond donors (Lipinski definition) is 1. The van der Waals surface area contributed by atoms with Crippen molar-refractivity contribution in [1.29, 1.82) is 0 Å². The quantitative estimate of drug-likeness (QED) is 0.694. The minimum Gasteiger partial charge on any atom is -0.322 e. The van der Waals surface area contributed by atoms with Crippen molar-refractivity contribution in [3.05, 3.63) is 46.0 Å². The molecular formula is C10H6FNO2. The summed E-state index contributed by atoms with van der Waals surface area (Å²) in [7, 11) is 0. The van der Waals surface area contributed by atoms with E-state index in [2.05, 4.69) is 4.98 Å². The van der Waals surface area contributed by atoms with Crippen LogP contribution in [0.2, 0.25) is 0 Å². The van der Waals surface area contributed by atoms with Gasteiger partial charge in [-0.1, -0.05) is 0 Å². The van der Waals surface area contributed by atoms with Crippen LogP contribution < -0.4 is 5.56 Å². The van der Waals surface area contributed by atoms with Gasteiger partial charge in [-0.2, -0.15) is 0 Å². The molecule has 0 fully saturated rings. The highest BCUT2D eigenvalue weighted by atomic mass is 19.1. The lowest BCUT2D eigenvalue weighted by molar-refractivity contribution is 0.112. The minimum absolute atomic E-state index is 0.197. The van der Waals surface area contributed by atoms with Crippen molar-refractivity contribution in [3.8, 4) is 0 Å². The maximum absolute atomic E-state index is 12.8. The zero-order chi connectivity index (χ0) is 10.1. The van der Waals surface area contributed by atoms with Crippen molar-refractivity contribution in [2.45, 2.75) is 0 Å². The highest BCUT2D eigenvalue weighted by molar-refractivity contribution is 5.95. The highest BCUT2D eigenvalue weighted by Crippen LogP contribution is 2.14. The molecule has 0 radical (unpaired) electrons. The molecule has 1 aromatic carbocycles. The number of pyridine rings is 1. The first-order chi connectivity index (χ1) is 6.70. The molecule has 2 aromatic rings. The Morgan fingerprint density at radius 2 is 2.07 bits per heavy atom. The van der Waals surface area contributed by atoms with Crippen molar-refractivity contribution in [3.63, 3.8) is 0 Å². The molecule has 0 spiro atoms. The van der Waals surface area contributed by atoms with Gasteiger partial charge in [-0.15, -0.1) is 0 Å². The molecule has 0 atom stereocenters. The molecule has 1 N–H and O–H groups in total. The number of carbonyl (C=O) groups is 1. The van der Waals surface area contributed by atoms with Crippen LogP contribution in [0.15, 0.2) is 29.1 Å². The van der Waals surface area contributed by atoms with E-state index in [1.54, 1.807) is 0 Å². The minimum atomic E-state index is -0.437. The second-order valence-electron chi connectivity index (χ2n) is 2.90. The van der Waals surface area contributed by atoms with E-state index in [1.807, 2.05) is 0 Å². The summed E-state index contributed by atoms with van der Waals surface area (Å²) >= 11 is 0. The summed E-state index contributed by atoms with van der Waals surface area (Å²) < 4.78 is 12.8. The molecule has 0 saturated heterocycles. The molecule has 1 aromatic heterocycles. The largest absolute Gasteiger partial charge is 0.322 e. The summed E-state index contributed by atoms with van der Waals surface area (Å²) in [5, 5.41) is 0.416. The molecule has 0 aliphatic heterocycles. The van der Waals surface area contributed by atoms with Crippen LogP contribution in [0.4, 0.5) is 4.39 Å². The number of carbonyl (C=O) groups excluding carboxylic acids is 1. The number of nitrogens with one attached hydrogen (secondary N) is 1. The van der Waals surface area contributed by atoms with Crippen LogP contribution in [-0.4, -0.2) is 11.3 Å². The first-order valence-corrected chi connectivity index (χ1v) is 3.98. The Morgan fingerprint density at radius 1 is 1.29 bits per heavy atom. The van der Waals surface area contributed by atoms with Gasteiger partial charge < -0.3 is 4.98 Å². The zero-order valence-electron chi connectivity index (χ0n) is 7.08. The van der Waals surface area contributed by atoms with Gasteiger partial charge in [0.2, 0.25) is 5.56 Å². The lowest BCUT2D eigenvalue weighted by Gasteiger charge is -1.99. The third-order valence-corrected chi connectivity index (χ3v) is 1.96. The number of aromatic nitrogens is 1. The van der Waals surface area contributed by atoms with Gasteiger partial charge in [0, 0.05) is 22.5 Å². The smallest absolute Gasteiger partial charge is 0.249 e. The maximum Gasteiger partial charge on any atom is 0.249 e. The average Bonchev–Trinajstić information content (AvgIpc) is 2.17. The van der Waals surface area contributed by atoms with E-state index in [0.717, 1.165) is 6.07 Å². The predicted octanol–water partition coefficient (Wildman–Crippen LogP) is 1.48. The number of rotatable bonds is 1. The fourth-order valence-corrected chi connectivity index (χ4v) is 1.35. The third kappa shape index (κ3) is 1.31. The SMILES string of the molecule is O=Cc1cc(=O)[nH]c2ccc(F)cc12. The summed E-state index contributed by atoms with van der Waals surface area (Å²) in [6, 6.07) is 5.02. The molecular weight excluding hydrogens is 185 g/mol. The van der Waals surface area contributed by atoms with Gasteiger partial charge >= 0.3 is 0 Å². The standard InChI is InChI=1S/C10H6FNO2/c11-7-1-2-9-8(4-7)6(5-13)3-10(14)12-9/h1-5H,(H,12,14). The first kappa shape index (κ1) is 8.62. The van der Waals surface area contributed by atoms with Gasteiger partial charge in [-0.25, -0.2) is 4.39 Å². The van der Waals surface area contributed by atoms with E-state index in [4.69, 9.17) is 0 Å². The predicted molar refractivity (Wildman–Crippen MR) is 49.9 cm³/mol. The summed E-state index contributed by atoms with van der Waals surface area (Å²) in [5.41, 5.74) is 0.287. The number of benzene rings is 1. The zero-order valence-corrected chi connectivity index (χ0v) is 7.08. The van der Waals surface area contributed by atoms with Crippen molar-refractivity contribution in [2.75, 3.05) is 0 Å². The topological polar surface area (TPSA) is 49.9 Å². The molecule has 0 unspecified atom stereocenters. The third-order valence-electron chi connectivity index (χ3n) is 1.96. The number of fused-ring (bicyclic) bond motifs is 1. The summed E-state index contributed by atoms with van der Waals surface area (Å²) in [4.78, 5) is 24.2. The first-order valence-electron chi connectivity index (χ1n) is 3.98. The van der Waals surface area contributed by atoms with Crippen molar-refractivity contribution in [2.24, 2.45) is 0 Å². The molecule has 0 aliphatic rings. The number of aldehydes is 1. The number of H-pyrrole nitrogens is 1. The molecule has 0 saturated carbocycles. The van der Waals surface area contributed by atoms with Gasteiger partial charge in [-0.05, 0) is 18.2 Å². The van der Waals surface area contributed by atoms with Crippen LogP contribution in [0.3, 0.4) is 0 Å². The normalized spacial score (nSPS) is 10.4. The van der Waals surface area contributed by atoms with Gasteiger partial charge in [0.15, 0.2) is 6.29 Å². The van der Waals surface area contributed by atoms with Crippen LogP contribution in [0, 0.1) is 5.82 Å². The number of aromatic amines is 1. The van der Waals surface area contributed by atoms with E-state index in [0.29, 0.717) is 17.2 Å². The summed E-state index contributed by atoms with van der Waals surface area (Å²) in [5.74, 6) is -0.437. The van der Waals surface area contributed by atoms with E-state index in [9.17, 15) is 14.0 Å². The lowest BCUT2D eigenvalue weighted by atomic mass is 10.1. The Balaban J connectivity index is 2.95. The Kier molecular flexibility index (Phi) is 1.89. The second-order valence-corrected chi connectivity index (χ2v) is 2.90. The Bertz CT molecular complexity index is 560. The van der Waals surface area contributed by atoms with Crippen LogP contribution in [0.5, 0.6) is 0 Å². The Morgan fingerprint density at radius 3 is 2.79 bits per heavy atom. The molecule has 3 nitrogen and oxygen atoms in total. The fraction of sp³-hybridized carbons (Fsp3) is 0. The molecule has 14 heavy (non-hydrogen) atoms. The monoisotopic (exact) mass is 191 g/mol. The molecule has 70 valence electrons. The number of halogens is 1. The van der Waals surface area contributed by atoms with Crippen LogP contribution in [-0.2, 0) is 0 Å². The second kappa shape index (κ2) is 3.06. The fourth-order valence-electron chi connectivity index (χ4n) is 1.35. The van der Waals surface area contributed by atoms with Crippen molar-refractivity contribution in [1.82, 2.24) is 4.98 Å².